The van der Waals surface area contributed by atoms with E-state index >= 15 is 0 Å². The van der Waals surface area contributed by atoms with Gasteiger partial charge in [-0.2, -0.15) is 0 Å². The third kappa shape index (κ3) is 10.5. The number of rotatable bonds is 6. The summed E-state index contributed by atoms with van der Waals surface area (Å²) in [6.07, 6.45) is 4.08. The molecule has 2 aromatic carbocycles. The molecule has 0 aliphatic carbocycles. The van der Waals surface area contributed by atoms with Gasteiger partial charge in [0.1, 0.15) is 18.2 Å². The number of aromatic hydroxyl groups is 1. The van der Waals surface area contributed by atoms with Gasteiger partial charge in [0.05, 0.1) is 27.9 Å². The number of fused-ring (bicyclic) bond motifs is 1. The number of hydrogen-bond acceptors (Lipinski definition) is 9. The number of halogens is 2. The Hall–Kier alpha value is -3.94. The predicted molar refractivity (Wildman–Crippen MR) is 209 cm³/mol. The molecule has 1 fully saturated rings. The standard InChI is InChI=1S/C41H53Cl2N3O9/c1-22(2)32-37(49)44-29(20-25-18-27(42)33(47)28(43)19-25)36(48)45-35(40(5,6)52)38(50)54-34(26-16-11-10-12-17-26)24(4)15-13-14-23(3)30(53-9)21-31-41(7,55-31)39(51)46(32)8/h10-19,22,24,29-32,34-35,47,52H,20-21H2,1-9H3,(H,44,49)(H,45,48)/b15-13+,23-14+/t24-,29-,30-,31+,32+,34+,35-,41-/m1/s1. The number of nitrogens with one attached hydrogen (secondary N) is 2. The summed E-state index contributed by atoms with van der Waals surface area (Å²) < 4.78 is 17.9. The number of ether oxygens (including phenoxy) is 3. The zero-order valence-electron chi connectivity index (χ0n) is 32.8. The highest BCUT2D eigenvalue weighted by molar-refractivity contribution is 6.37. The SMILES string of the molecule is CO[C@@H]1C[C@@H]2O[C@@]2(C)C(=O)N(C)[C@@H](C(C)C)C(=O)N[C@H](Cc2cc(Cl)c(O)c(Cl)c2)C(=O)N[C@@H](C(C)(C)O)C(=O)O[C@H](c2ccccc2)[C@H](C)/C=C/C=C/1C. The zero-order valence-corrected chi connectivity index (χ0v) is 34.3. The first kappa shape index (κ1) is 43.8. The maximum absolute atomic E-state index is 14.3. The molecule has 8 atom stereocenters. The first-order valence-corrected chi connectivity index (χ1v) is 19.0. The zero-order chi connectivity index (χ0) is 41.0. The van der Waals surface area contributed by atoms with E-state index < -0.39 is 77.2 Å². The number of benzene rings is 2. The topological polar surface area (TPSA) is 167 Å². The van der Waals surface area contributed by atoms with Gasteiger partial charge in [0, 0.05) is 32.9 Å². The molecule has 1 saturated heterocycles. The average molecular weight is 803 g/mol. The maximum Gasteiger partial charge on any atom is 0.332 e. The highest BCUT2D eigenvalue weighted by Gasteiger charge is 2.61. The molecule has 4 N–H and O–H groups in total. The number of cyclic esters (lactones) is 1. The van der Waals surface area contributed by atoms with E-state index in [1.165, 1.54) is 37.9 Å². The molecule has 0 unspecified atom stereocenters. The summed E-state index contributed by atoms with van der Waals surface area (Å²) in [4.78, 5) is 57.9. The number of likely N-dealkylation sites (N-methyl/N-ethyl adjacent to an activating group) is 1. The number of hydrogen-bond donors (Lipinski definition) is 4. The van der Waals surface area contributed by atoms with Crippen LogP contribution >= 0.6 is 23.2 Å². The van der Waals surface area contributed by atoms with Crippen LogP contribution in [0.15, 0.2) is 66.3 Å². The third-order valence-corrected chi connectivity index (χ3v) is 10.8. The van der Waals surface area contributed by atoms with Crippen LogP contribution in [-0.2, 0) is 39.8 Å². The Bertz CT molecular complexity index is 1770. The van der Waals surface area contributed by atoms with Gasteiger partial charge in [-0.05, 0) is 62.4 Å². The van der Waals surface area contributed by atoms with E-state index in [4.69, 9.17) is 37.4 Å². The summed E-state index contributed by atoms with van der Waals surface area (Å²) in [6, 6.07) is 7.86. The number of carbonyl (C=O) groups is 4. The molecule has 2 heterocycles. The van der Waals surface area contributed by atoms with Crippen LogP contribution in [0.5, 0.6) is 5.75 Å². The lowest BCUT2D eigenvalue weighted by Crippen LogP contribution is -2.61. The molecule has 2 aromatic rings. The van der Waals surface area contributed by atoms with E-state index in [1.807, 2.05) is 62.4 Å². The van der Waals surface area contributed by atoms with E-state index in [9.17, 15) is 29.4 Å². The minimum Gasteiger partial charge on any atom is -0.505 e. The van der Waals surface area contributed by atoms with Crippen molar-refractivity contribution in [2.24, 2.45) is 11.8 Å². The Morgan fingerprint density at radius 3 is 2.24 bits per heavy atom. The summed E-state index contributed by atoms with van der Waals surface area (Å²) in [5, 5.41) is 26.7. The molecule has 12 nitrogen and oxygen atoms in total. The second-order valence-corrected chi connectivity index (χ2v) is 16.3. The van der Waals surface area contributed by atoms with E-state index in [2.05, 4.69) is 10.6 Å². The molecule has 0 spiro atoms. The number of phenols is 1. The number of methoxy groups -OCH3 is 1. The fourth-order valence-corrected chi connectivity index (χ4v) is 7.43. The van der Waals surface area contributed by atoms with Gasteiger partial charge >= 0.3 is 5.97 Å². The van der Waals surface area contributed by atoms with Crippen molar-refractivity contribution in [3.63, 3.8) is 0 Å². The normalized spacial score (nSPS) is 30.6. The average Bonchev–Trinajstić information content (AvgIpc) is 3.78. The van der Waals surface area contributed by atoms with Gasteiger partial charge in [-0.25, -0.2) is 4.79 Å². The molecular formula is C41H53Cl2N3O9. The molecule has 0 aromatic heterocycles. The van der Waals surface area contributed by atoms with Gasteiger partial charge in [-0.15, -0.1) is 0 Å². The molecule has 3 amide bonds. The largest absolute Gasteiger partial charge is 0.505 e. The van der Waals surface area contributed by atoms with Gasteiger partial charge in [-0.3, -0.25) is 14.4 Å². The number of esters is 1. The summed E-state index contributed by atoms with van der Waals surface area (Å²) in [7, 11) is 3.09. The summed E-state index contributed by atoms with van der Waals surface area (Å²) >= 11 is 12.4. The van der Waals surface area contributed by atoms with Crippen LogP contribution in [0.1, 0.15) is 72.1 Å². The van der Waals surface area contributed by atoms with E-state index in [0.717, 1.165) is 5.57 Å². The second-order valence-electron chi connectivity index (χ2n) is 15.5. The Balaban J connectivity index is 1.82. The minimum atomic E-state index is -1.83. The van der Waals surface area contributed by atoms with Crippen LogP contribution in [-0.4, -0.2) is 94.5 Å². The summed E-state index contributed by atoms with van der Waals surface area (Å²) in [5.41, 5.74) is -1.13. The number of carbonyl (C=O) groups excluding carboxylic acids is 4. The van der Waals surface area contributed by atoms with Crippen LogP contribution < -0.4 is 10.6 Å². The number of phenolic OH excluding ortho intramolecular Hbond substituents is 1. The highest BCUT2D eigenvalue weighted by Crippen LogP contribution is 2.42. The monoisotopic (exact) mass is 801 g/mol. The minimum absolute atomic E-state index is 0.0799. The van der Waals surface area contributed by atoms with Crippen LogP contribution in [0.2, 0.25) is 10.0 Å². The van der Waals surface area contributed by atoms with Crippen molar-refractivity contribution in [1.82, 2.24) is 15.5 Å². The van der Waals surface area contributed by atoms with Crippen LogP contribution in [0.3, 0.4) is 0 Å². The van der Waals surface area contributed by atoms with Crippen LogP contribution in [0.25, 0.3) is 0 Å². The van der Waals surface area contributed by atoms with Crippen molar-refractivity contribution < 1.29 is 43.6 Å². The Labute approximate surface area is 333 Å². The molecule has 2 aliphatic heterocycles. The van der Waals surface area contributed by atoms with Crippen molar-refractivity contribution in [3.05, 3.63) is 87.4 Å². The van der Waals surface area contributed by atoms with Gasteiger partial charge in [-0.1, -0.05) is 92.5 Å². The first-order valence-electron chi connectivity index (χ1n) is 18.3. The number of aliphatic hydroxyl groups is 1. The fraction of sp³-hybridized carbons (Fsp3) is 0.512. The van der Waals surface area contributed by atoms with E-state index in [0.29, 0.717) is 17.5 Å². The number of amides is 3. The van der Waals surface area contributed by atoms with Crippen molar-refractivity contribution in [2.45, 2.75) is 109 Å². The van der Waals surface area contributed by atoms with Crippen molar-refractivity contribution in [3.8, 4) is 5.75 Å². The highest BCUT2D eigenvalue weighted by atomic mass is 35.5. The number of allylic oxidation sites excluding steroid dienone is 2. The summed E-state index contributed by atoms with van der Waals surface area (Å²) in [6.45, 7) is 11.7. The third-order valence-electron chi connectivity index (χ3n) is 10.2. The lowest BCUT2D eigenvalue weighted by Gasteiger charge is -2.34. The van der Waals surface area contributed by atoms with Crippen molar-refractivity contribution in [1.29, 1.82) is 0 Å². The molecule has 0 radical (unpaired) electrons. The van der Waals surface area contributed by atoms with E-state index in [-0.39, 0.29) is 28.1 Å². The first-order chi connectivity index (χ1) is 25.7. The maximum atomic E-state index is 14.3. The van der Waals surface area contributed by atoms with Crippen LogP contribution in [0, 0.1) is 11.8 Å². The Kier molecular flexibility index (Phi) is 14.2. The van der Waals surface area contributed by atoms with Gasteiger partial charge in [0.25, 0.3) is 5.91 Å². The summed E-state index contributed by atoms with van der Waals surface area (Å²) in [5.74, 6) is -3.98. The van der Waals surface area contributed by atoms with Crippen molar-refractivity contribution in [2.75, 3.05) is 14.2 Å². The Morgan fingerprint density at radius 2 is 1.67 bits per heavy atom. The van der Waals surface area contributed by atoms with Gasteiger partial charge in [0.2, 0.25) is 11.8 Å². The lowest BCUT2D eigenvalue weighted by molar-refractivity contribution is -0.162. The Morgan fingerprint density at radius 1 is 1.05 bits per heavy atom. The van der Waals surface area contributed by atoms with Crippen LogP contribution in [0.4, 0.5) is 0 Å². The predicted octanol–water partition coefficient (Wildman–Crippen LogP) is 5.46. The smallest absolute Gasteiger partial charge is 0.332 e. The van der Waals surface area contributed by atoms with Crippen molar-refractivity contribution >= 4 is 46.9 Å². The molecule has 2 aliphatic rings. The molecule has 0 saturated carbocycles. The lowest BCUT2D eigenvalue weighted by atomic mass is 9.94. The molecule has 0 bridgehead atoms. The van der Waals surface area contributed by atoms with E-state index in [1.54, 1.807) is 27.9 Å². The molecular weight excluding hydrogens is 749 g/mol. The molecule has 14 heteroatoms. The number of nitrogens with zero attached hydrogens (tertiary/aromatic N) is 1. The fourth-order valence-electron chi connectivity index (χ4n) is 6.90. The molecule has 300 valence electrons. The molecule has 4 rings (SSSR count). The quantitative estimate of drug-likeness (QED) is 0.219. The number of epoxide rings is 1. The van der Waals surface area contributed by atoms with Gasteiger partial charge < -0.3 is 40.0 Å². The second kappa shape index (κ2) is 17.9. The van der Waals surface area contributed by atoms with Gasteiger partial charge in [0.15, 0.2) is 17.4 Å². The molecule has 55 heavy (non-hydrogen) atoms.